The highest BCUT2D eigenvalue weighted by Crippen LogP contribution is 2.60. The van der Waals surface area contributed by atoms with Crippen LogP contribution < -0.4 is 14.8 Å². The molecule has 2 aromatic carbocycles. The van der Waals surface area contributed by atoms with Crippen molar-refractivity contribution >= 4 is 34.3 Å². The fourth-order valence-electron chi connectivity index (χ4n) is 5.56. The Morgan fingerprint density at radius 3 is 2.40 bits per heavy atom. The number of nitrogens with one attached hydrogen (secondary N) is 2. The molecular weight excluding hydrogens is 576 g/mol. The molecule has 2 aliphatic rings. The third-order valence-corrected chi connectivity index (χ3v) is 9.11. The predicted octanol–water partition coefficient (Wildman–Crippen LogP) is 6.01. The number of anilines is 1. The molecule has 0 bridgehead atoms. The number of carboxylic acid groups (broad SMARTS) is 1. The van der Waals surface area contributed by atoms with Gasteiger partial charge in [0.1, 0.15) is 6.61 Å². The van der Waals surface area contributed by atoms with Gasteiger partial charge in [0.25, 0.3) is 10.0 Å². The van der Waals surface area contributed by atoms with Crippen LogP contribution in [0.15, 0.2) is 53.4 Å². The van der Waals surface area contributed by atoms with Gasteiger partial charge < -0.3 is 15.2 Å². The summed E-state index contributed by atoms with van der Waals surface area (Å²) in [6.45, 7) is 8.41. The maximum atomic E-state index is 13.3. The summed E-state index contributed by atoms with van der Waals surface area (Å²) in [5.74, 6) is -0.846. The lowest BCUT2D eigenvalue weighted by atomic mass is 9.76. The molecule has 0 unspecified atom stereocenters. The Morgan fingerprint density at radius 1 is 1.12 bits per heavy atom. The van der Waals surface area contributed by atoms with E-state index in [1.54, 1.807) is 6.07 Å². The quantitative estimate of drug-likeness (QED) is 0.226. The molecule has 9 nitrogen and oxygen atoms in total. The second kappa shape index (κ2) is 12.6. The molecule has 1 heterocycles. The van der Waals surface area contributed by atoms with E-state index in [2.05, 4.69) is 33.9 Å². The third-order valence-electron chi connectivity index (χ3n) is 7.79. The van der Waals surface area contributed by atoms with E-state index in [-0.39, 0.29) is 47.3 Å². The molecular formula is C31H39ClN4O5S. The zero-order valence-corrected chi connectivity index (χ0v) is 25.9. The molecule has 2 fully saturated rings. The van der Waals surface area contributed by atoms with Crippen LogP contribution in [0.1, 0.15) is 68.8 Å². The van der Waals surface area contributed by atoms with Crippen molar-refractivity contribution in [2.24, 2.45) is 11.3 Å². The van der Waals surface area contributed by atoms with E-state index in [0.717, 1.165) is 42.0 Å². The zero-order chi connectivity index (χ0) is 30.3. The molecule has 0 amide bonds. The lowest BCUT2D eigenvalue weighted by Crippen LogP contribution is -2.49. The summed E-state index contributed by atoms with van der Waals surface area (Å²) in [6.07, 6.45) is 4.94. The van der Waals surface area contributed by atoms with Crippen LogP contribution in [-0.2, 0) is 10.0 Å². The Balaban J connectivity index is 0.00000423. The van der Waals surface area contributed by atoms with Crippen molar-refractivity contribution in [2.45, 2.75) is 76.8 Å². The Labute approximate surface area is 255 Å². The number of sulfonamides is 1. The lowest BCUT2D eigenvalue weighted by Gasteiger charge is -2.39. The van der Waals surface area contributed by atoms with Gasteiger partial charge in [0.15, 0.2) is 0 Å². The first-order valence-electron chi connectivity index (χ1n) is 14.5. The normalized spacial score (nSPS) is 17.5. The molecule has 2 aliphatic carbocycles. The summed E-state index contributed by atoms with van der Waals surface area (Å²) >= 11 is 0. The van der Waals surface area contributed by atoms with Gasteiger partial charge in [-0.3, -0.25) is 0 Å². The van der Waals surface area contributed by atoms with Gasteiger partial charge in [-0.2, -0.15) is 4.98 Å². The SMILES string of the molecule is Cl.[2H]C1(N[C@@H](COc2cc(-c3c(C)cccc3C)nc(NS(=O)(=O)c3cccc(C(=O)O)c3)n2)CC(C)C)CC2(CC2)C1. The van der Waals surface area contributed by atoms with E-state index < -0.39 is 22.0 Å². The summed E-state index contributed by atoms with van der Waals surface area (Å²) in [6, 6.07) is 11.9. The Kier molecular flexibility index (Phi) is 9.05. The monoisotopic (exact) mass is 615 g/mol. The van der Waals surface area contributed by atoms with Crippen LogP contribution in [0.3, 0.4) is 0 Å². The number of benzene rings is 2. The summed E-state index contributed by atoms with van der Waals surface area (Å²) in [5, 5.41) is 12.8. The van der Waals surface area contributed by atoms with Gasteiger partial charge in [-0.25, -0.2) is 22.9 Å². The second-order valence-corrected chi connectivity index (χ2v) is 13.5. The maximum absolute atomic E-state index is 13.3. The third kappa shape index (κ3) is 7.40. The van der Waals surface area contributed by atoms with Crippen molar-refractivity contribution < 1.29 is 24.4 Å². The van der Waals surface area contributed by atoms with Crippen molar-refractivity contribution in [3.63, 3.8) is 0 Å². The molecule has 1 spiro atoms. The van der Waals surface area contributed by atoms with Crippen molar-refractivity contribution in [2.75, 3.05) is 11.3 Å². The predicted molar refractivity (Wildman–Crippen MR) is 165 cm³/mol. The largest absolute Gasteiger partial charge is 0.478 e. The molecule has 5 rings (SSSR count). The topological polar surface area (TPSA) is 131 Å². The molecule has 42 heavy (non-hydrogen) atoms. The molecule has 2 saturated carbocycles. The summed E-state index contributed by atoms with van der Waals surface area (Å²) < 4.78 is 44.0. The fourth-order valence-corrected chi connectivity index (χ4v) is 6.55. The second-order valence-electron chi connectivity index (χ2n) is 11.9. The van der Waals surface area contributed by atoms with Gasteiger partial charge in [0.2, 0.25) is 11.8 Å². The summed E-state index contributed by atoms with van der Waals surface area (Å²) in [5.41, 5.74) is 3.47. The Bertz CT molecular complexity index is 1590. The average Bonchev–Trinajstić information content (AvgIpc) is 3.66. The van der Waals surface area contributed by atoms with Crippen molar-refractivity contribution in [1.29, 1.82) is 0 Å². The molecule has 1 atom stereocenters. The van der Waals surface area contributed by atoms with Gasteiger partial charge in [0, 0.05) is 25.1 Å². The van der Waals surface area contributed by atoms with Crippen LogP contribution >= 0.6 is 12.4 Å². The molecule has 0 radical (unpaired) electrons. The van der Waals surface area contributed by atoms with E-state index in [1.807, 2.05) is 32.0 Å². The van der Waals surface area contributed by atoms with Crippen molar-refractivity contribution in [3.8, 4) is 17.1 Å². The molecule has 1 aromatic heterocycles. The highest BCUT2D eigenvalue weighted by atomic mass is 35.5. The molecule has 11 heteroatoms. The Morgan fingerprint density at radius 2 is 1.79 bits per heavy atom. The standard InChI is InChI=1S/C31H38N4O5S.ClH/c1-19(2)13-23(32-24-16-31(17-24)11-12-31)18-40-27-15-26(28-20(3)7-5-8-21(28)4)33-30(34-27)35-41(38,39)25-10-6-9-22(14-25)29(36)37;/h5-10,14-15,19,23-24,32H,11-13,16-18H2,1-4H3,(H,36,37)(H,33,34,35);1H/t23-;/m1./s1/i24D;. The number of aryl methyl sites for hydroxylation is 2. The minimum atomic E-state index is -4.21. The first kappa shape index (κ1) is 30.3. The molecule has 3 aromatic rings. The molecule has 3 N–H and O–H groups in total. The van der Waals surface area contributed by atoms with Gasteiger partial charge in [-0.1, -0.05) is 38.1 Å². The highest BCUT2D eigenvalue weighted by molar-refractivity contribution is 7.92. The number of nitrogens with zero attached hydrogens (tertiary/aromatic N) is 2. The number of aromatic carboxylic acids is 1. The summed E-state index contributed by atoms with van der Waals surface area (Å²) in [4.78, 5) is 20.1. The van der Waals surface area contributed by atoms with Crippen LogP contribution in [0.25, 0.3) is 11.3 Å². The van der Waals surface area contributed by atoms with Crippen molar-refractivity contribution in [3.05, 3.63) is 65.2 Å². The smallest absolute Gasteiger partial charge is 0.335 e. The number of halogens is 1. The van der Waals surface area contributed by atoms with Crippen LogP contribution in [0.2, 0.25) is 0 Å². The number of hydrogen-bond acceptors (Lipinski definition) is 7. The number of carboxylic acids is 1. The first-order chi connectivity index (χ1) is 19.8. The number of hydrogen-bond donors (Lipinski definition) is 3. The van der Waals surface area contributed by atoms with E-state index in [1.165, 1.54) is 31.0 Å². The number of ether oxygens (including phenoxy) is 1. The molecule has 226 valence electrons. The van der Waals surface area contributed by atoms with E-state index in [0.29, 0.717) is 17.0 Å². The van der Waals surface area contributed by atoms with Crippen molar-refractivity contribution in [1.82, 2.24) is 15.3 Å². The van der Waals surface area contributed by atoms with Gasteiger partial charge >= 0.3 is 5.97 Å². The number of carbonyl (C=O) groups is 1. The maximum Gasteiger partial charge on any atom is 0.335 e. The molecule has 0 saturated heterocycles. The van der Waals surface area contributed by atoms with Gasteiger partial charge in [-0.15, -0.1) is 12.4 Å². The Hall–Kier alpha value is -3.21. The first-order valence-corrected chi connectivity index (χ1v) is 15.5. The van der Waals surface area contributed by atoms with Crippen LogP contribution in [0.4, 0.5) is 5.95 Å². The fraction of sp³-hybridized carbons (Fsp3) is 0.452. The number of aromatic nitrogens is 2. The zero-order valence-electron chi connectivity index (χ0n) is 25.3. The van der Waals surface area contributed by atoms with Crippen LogP contribution in [0, 0.1) is 25.2 Å². The van der Waals surface area contributed by atoms with Gasteiger partial charge in [0.05, 0.1) is 16.2 Å². The average molecular weight is 616 g/mol. The number of rotatable bonds is 12. The lowest BCUT2D eigenvalue weighted by molar-refractivity contribution is 0.0696. The van der Waals surface area contributed by atoms with E-state index in [4.69, 9.17) is 6.11 Å². The van der Waals surface area contributed by atoms with Crippen LogP contribution in [-0.4, -0.2) is 48.1 Å². The summed E-state index contributed by atoms with van der Waals surface area (Å²) in [7, 11) is -4.21. The minimum Gasteiger partial charge on any atom is -0.478 e. The van der Waals surface area contributed by atoms with Gasteiger partial charge in [-0.05, 0) is 86.6 Å². The van der Waals surface area contributed by atoms with E-state index >= 15 is 0 Å². The highest BCUT2D eigenvalue weighted by Gasteiger charge is 2.53. The minimum absolute atomic E-state index is 0. The van der Waals surface area contributed by atoms with E-state index in [9.17, 15) is 18.3 Å². The molecule has 0 aliphatic heterocycles. The van der Waals surface area contributed by atoms with Crippen LogP contribution in [0.5, 0.6) is 5.88 Å².